The molecule has 21 heavy (non-hydrogen) atoms. The Balaban J connectivity index is 2.24. The Morgan fingerprint density at radius 1 is 0.857 bits per heavy atom. The molecular formula is C17H16O3S. The molecule has 0 atom stereocenters. The zero-order chi connectivity index (χ0) is 14.8. The fourth-order valence-electron chi connectivity index (χ4n) is 2.33. The van der Waals surface area contributed by atoms with Gasteiger partial charge in [-0.2, -0.15) is 0 Å². The van der Waals surface area contributed by atoms with Crippen molar-refractivity contribution < 1.29 is 9.47 Å². The third-order valence-electron chi connectivity index (χ3n) is 3.24. The van der Waals surface area contributed by atoms with Gasteiger partial charge in [-0.1, -0.05) is 0 Å². The van der Waals surface area contributed by atoms with Crippen LogP contribution in [-0.2, 0) is 0 Å². The maximum absolute atomic E-state index is 12.6. The van der Waals surface area contributed by atoms with Crippen molar-refractivity contribution >= 4 is 31.5 Å². The minimum Gasteiger partial charge on any atom is -0.494 e. The van der Waals surface area contributed by atoms with Crippen LogP contribution in [0.1, 0.15) is 13.8 Å². The predicted octanol–water partition coefficient (Wildman–Crippen LogP) is 4.21. The van der Waals surface area contributed by atoms with Crippen molar-refractivity contribution in [3.8, 4) is 11.5 Å². The highest BCUT2D eigenvalue weighted by Crippen LogP contribution is 2.29. The summed E-state index contributed by atoms with van der Waals surface area (Å²) in [7, 11) is 0. The van der Waals surface area contributed by atoms with Gasteiger partial charge >= 0.3 is 0 Å². The number of ether oxygens (including phenoxy) is 2. The maximum Gasteiger partial charge on any atom is 0.196 e. The third-order valence-corrected chi connectivity index (χ3v) is 4.37. The predicted molar refractivity (Wildman–Crippen MR) is 87.9 cm³/mol. The molecule has 0 saturated heterocycles. The lowest BCUT2D eigenvalue weighted by atomic mass is 10.1. The summed E-state index contributed by atoms with van der Waals surface area (Å²) in [6.45, 7) is 5.09. The van der Waals surface area contributed by atoms with Gasteiger partial charge in [-0.05, 0) is 50.2 Å². The van der Waals surface area contributed by atoms with E-state index in [1.165, 1.54) is 0 Å². The fourth-order valence-corrected chi connectivity index (χ4v) is 3.41. The molecule has 0 N–H and O–H groups in total. The van der Waals surface area contributed by atoms with Crippen molar-refractivity contribution in [1.82, 2.24) is 0 Å². The minimum atomic E-state index is 0.0448. The molecule has 3 aromatic rings. The van der Waals surface area contributed by atoms with Crippen LogP contribution in [0.2, 0.25) is 0 Å². The highest BCUT2D eigenvalue weighted by atomic mass is 32.1. The van der Waals surface area contributed by atoms with Crippen molar-refractivity contribution in [3.63, 3.8) is 0 Å². The van der Waals surface area contributed by atoms with Crippen molar-refractivity contribution in [2.24, 2.45) is 0 Å². The molecule has 0 aliphatic rings. The second-order valence-corrected chi connectivity index (χ2v) is 5.70. The van der Waals surface area contributed by atoms with Crippen LogP contribution in [-0.4, -0.2) is 13.2 Å². The molecule has 1 aromatic heterocycles. The lowest BCUT2D eigenvalue weighted by molar-refractivity contribution is 0.340. The van der Waals surface area contributed by atoms with Gasteiger partial charge in [0.15, 0.2) is 5.43 Å². The Hall–Kier alpha value is -2.07. The molecule has 0 amide bonds. The molecule has 0 aliphatic heterocycles. The van der Waals surface area contributed by atoms with Crippen molar-refractivity contribution in [3.05, 3.63) is 46.6 Å². The molecule has 0 saturated carbocycles. The second kappa shape index (κ2) is 5.74. The molecule has 0 fully saturated rings. The zero-order valence-corrected chi connectivity index (χ0v) is 12.8. The second-order valence-electron chi connectivity index (χ2n) is 4.61. The molecule has 0 aliphatic carbocycles. The Bertz CT molecular complexity index is 852. The van der Waals surface area contributed by atoms with Crippen LogP contribution in [0.5, 0.6) is 11.5 Å². The maximum atomic E-state index is 12.6. The first-order chi connectivity index (χ1) is 10.2. The number of hydrogen-bond acceptors (Lipinski definition) is 4. The molecule has 0 spiro atoms. The van der Waals surface area contributed by atoms with Gasteiger partial charge in [0.25, 0.3) is 0 Å². The summed E-state index contributed by atoms with van der Waals surface area (Å²) in [5.74, 6) is 1.53. The summed E-state index contributed by atoms with van der Waals surface area (Å²) in [6.07, 6.45) is 0. The summed E-state index contributed by atoms with van der Waals surface area (Å²) in [5, 5.41) is 1.44. The number of fused-ring (bicyclic) bond motifs is 2. The van der Waals surface area contributed by atoms with Crippen molar-refractivity contribution in [2.75, 3.05) is 13.2 Å². The lowest BCUT2D eigenvalue weighted by Crippen LogP contribution is -2.02. The van der Waals surface area contributed by atoms with Crippen LogP contribution in [0.3, 0.4) is 0 Å². The third kappa shape index (κ3) is 2.59. The summed E-state index contributed by atoms with van der Waals surface area (Å²) in [4.78, 5) is 12.6. The molecule has 0 unspecified atom stereocenters. The SMILES string of the molecule is CCOc1ccc2c(=O)c3cc(OCC)ccc3sc2c1. The van der Waals surface area contributed by atoms with Crippen molar-refractivity contribution in [1.29, 1.82) is 0 Å². The smallest absolute Gasteiger partial charge is 0.196 e. The Morgan fingerprint density at radius 3 is 2.24 bits per heavy atom. The average Bonchev–Trinajstić information content (AvgIpc) is 2.49. The Labute approximate surface area is 126 Å². The zero-order valence-electron chi connectivity index (χ0n) is 12.0. The molecule has 108 valence electrons. The van der Waals surface area contributed by atoms with Crippen LogP contribution in [0, 0.1) is 0 Å². The molecule has 2 aromatic carbocycles. The molecular weight excluding hydrogens is 284 g/mol. The van der Waals surface area contributed by atoms with Gasteiger partial charge in [0, 0.05) is 20.2 Å². The van der Waals surface area contributed by atoms with Crippen LogP contribution in [0.15, 0.2) is 41.2 Å². The van der Waals surface area contributed by atoms with Crippen LogP contribution in [0.25, 0.3) is 20.2 Å². The van der Waals surface area contributed by atoms with Gasteiger partial charge in [0.05, 0.1) is 13.2 Å². The first-order valence-corrected chi connectivity index (χ1v) is 7.80. The van der Waals surface area contributed by atoms with Crippen molar-refractivity contribution in [2.45, 2.75) is 13.8 Å². The number of hydrogen-bond donors (Lipinski definition) is 0. The fraction of sp³-hybridized carbons (Fsp3) is 0.235. The van der Waals surface area contributed by atoms with E-state index in [0.29, 0.717) is 18.6 Å². The summed E-state index contributed by atoms with van der Waals surface area (Å²) >= 11 is 1.60. The summed E-state index contributed by atoms with van der Waals surface area (Å²) < 4.78 is 12.9. The molecule has 3 rings (SSSR count). The van der Waals surface area contributed by atoms with E-state index in [9.17, 15) is 4.79 Å². The van der Waals surface area contributed by atoms with E-state index in [1.54, 1.807) is 11.3 Å². The van der Waals surface area contributed by atoms with Gasteiger partial charge in [0.2, 0.25) is 0 Å². The van der Waals surface area contributed by atoms with Gasteiger partial charge in [0.1, 0.15) is 11.5 Å². The van der Waals surface area contributed by atoms with E-state index >= 15 is 0 Å². The standard InChI is InChI=1S/C17H16O3S/c1-3-19-11-6-8-15-14(9-11)17(18)13-7-5-12(20-4-2)10-16(13)21-15/h5-10H,3-4H2,1-2H3. The quantitative estimate of drug-likeness (QED) is 0.677. The van der Waals surface area contributed by atoms with Gasteiger partial charge in [-0.25, -0.2) is 0 Å². The van der Waals surface area contributed by atoms with Crippen LogP contribution in [0.4, 0.5) is 0 Å². The monoisotopic (exact) mass is 300 g/mol. The highest BCUT2D eigenvalue weighted by Gasteiger charge is 2.08. The van der Waals surface area contributed by atoms with E-state index in [1.807, 2.05) is 50.2 Å². The normalized spacial score (nSPS) is 11.0. The molecule has 3 nitrogen and oxygen atoms in total. The molecule has 0 bridgehead atoms. The van der Waals surface area contributed by atoms with E-state index < -0.39 is 0 Å². The van der Waals surface area contributed by atoms with E-state index in [2.05, 4.69) is 0 Å². The average molecular weight is 300 g/mol. The molecule has 4 heteroatoms. The first kappa shape index (κ1) is 13.9. The summed E-state index contributed by atoms with van der Waals surface area (Å²) in [6, 6.07) is 11.3. The van der Waals surface area contributed by atoms with E-state index in [-0.39, 0.29) is 5.43 Å². The van der Waals surface area contributed by atoms with Crippen LogP contribution >= 0.6 is 11.3 Å². The van der Waals surface area contributed by atoms with Crippen LogP contribution < -0.4 is 14.9 Å². The number of rotatable bonds is 4. The highest BCUT2D eigenvalue weighted by molar-refractivity contribution is 7.24. The van der Waals surface area contributed by atoms with Gasteiger partial charge in [-0.15, -0.1) is 11.3 Å². The topological polar surface area (TPSA) is 35.5 Å². The molecule has 1 heterocycles. The Kier molecular flexibility index (Phi) is 3.80. The van der Waals surface area contributed by atoms with E-state index in [4.69, 9.17) is 9.47 Å². The number of benzene rings is 2. The largest absolute Gasteiger partial charge is 0.494 e. The first-order valence-electron chi connectivity index (χ1n) is 6.99. The summed E-state index contributed by atoms with van der Waals surface area (Å²) in [5.41, 5.74) is 0.0448. The Morgan fingerprint density at radius 2 is 1.52 bits per heavy atom. The lowest BCUT2D eigenvalue weighted by Gasteiger charge is -2.07. The molecule has 0 radical (unpaired) electrons. The van der Waals surface area contributed by atoms with Gasteiger partial charge < -0.3 is 9.47 Å². The van der Waals surface area contributed by atoms with Gasteiger partial charge in [-0.3, -0.25) is 4.79 Å². The minimum absolute atomic E-state index is 0.0448. The van der Waals surface area contributed by atoms with E-state index in [0.717, 1.165) is 26.3 Å².